The summed E-state index contributed by atoms with van der Waals surface area (Å²) in [7, 11) is -3.94. The number of hydrogen-bond donors (Lipinski definition) is 1. The lowest BCUT2D eigenvalue weighted by Crippen LogP contribution is -2.15. The summed E-state index contributed by atoms with van der Waals surface area (Å²) in [6, 6.07) is 8.54. The van der Waals surface area contributed by atoms with Gasteiger partial charge < -0.3 is 0 Å². The minimum absolute atomic E-state index is 0.00984. The Bertz CT molecular complexity index is 763. The first-order chi connectivity index (χ1) is 9.31. The summed E-state index contributed by atoms with van der Waals surface area (Å²) < 4.78 is 40.4. The van der Waals surface area contributed by atoms with Crippen LogP contribution in [0.15, 0.2) is 41.3 Å². The largest absolute Gasteiger partial charge is 0.277 e. The first kappa shape index (κ1) is 15.1. The smallest absolute Gasteiger partial charge is 0.262 e. The van der Waals surface area contributed by atoms with Crippen LogP contribution >= 0.6 is 23.2 Å². The molecule has 0 amide bonds. The number of aryl methyl sites for hydroxylation is 1. The second-order valence-electron chi connectivity index (χ2n) is 4.12. The standard InChI is InChI=1S/C13H10Cl2FNO2S/c1-8-5-6-9(14)7-12(8)20(18,19)17-11-4-2-3-10(15)13(11)16/h2-7,17H,1H3. The molecule has 0 radical (unpaired) electrons. The second kappa shape index (κ2) is 5.60. The normalized spacial score (nSPS) is 11.4. The van der Waals surface area contributed by atoms with E-state index in [9.17, 15) is 12.8 Å². The predicted molar refractivity (Wildman–Crippen MR) is 78.4 cm³/mol. The van der Waals surface area contributed by atoms with Crippen LogP contribution in [0.2, 0.25) is 10.0 Å². The Kier molecular flexibility index (Phi) is 4.22. The number of rotatable bonds is 3. The molecule has 0 saturated heterocycles. The molecule has 106 valence electrons. The number of benzene rings is 2. The molecule has 2 aromatic carbocycles. The number of sulfonamides is 1. The predicted octanol–water partition coefficient (Wildman–Crippen LogP) is 4.24. The molecule has 1 N–H and O–H groups in total. The van der Waals surface area contributed by atoms with Crippen LogP contribution in [0.3, 0.4) is 0 Å². The molecule has 0 bridgehead atoms. The molecule has 2 rings (SSSR count). The molecule has 0 aliphatic rings. The van der Waals surface area contributed by atoms with E-state index in [2.05, 4.69) is 4.72 Å². The minimum atomic E-state index is -3.94. The molecule has 0 heterocycles. The van der Waals surface area contributed by atoms with Gasteiger partial charge in [-0.3, -0.25) is 4.72 Å². The van der Waals surface area contributed by atoms with Crippen LogP contribution in [0.25, 0.3) is 0 Å². The summed E-state index contributed by atoms with van der Waals surface area (Å²) in [5.74, 6) is -0.822. The molecule has 2 aromatic rings. The molecular formula is C13H10Cl2FNO2S. The Labute approximate surface area is 126 Å². The summed E-state index contributed by atoms with van der Waals surface area (Å²) in [6.07, 6.45) is 0. The Balaban J connectivity index is 2.46. The van der Waals surface area contributed by atoms with E-state index < -0.39 is 15.8 Å². The van der Waals surface area contributed by atoms with Gasteiger partial charge in [-0.25, -0.2) is 12.8 Å². The number of hydrogen-bond acceptors (Lipinski definition) is 2. The van der Waals surface area contributed by atoms with Crippen LogP contribution in [0.1, 0.15) is 5.56 Å². The van der Waals surface area contributed by atoms with Crippen LogP contribution < -0.4 is 4.72 Å². The average molecular weight is 334 g/mol. The zero-order chi connectivity index (χ0) is 14.9. The highest BCUT2D eigenvalue weighted by Gasteiger charge is 2.19. The van der Waals surface area contributed by atoms with Crippen molar-refractivity contribution in [1.29, 1.82) is 0 Å². The molecule has 0 aromatic heterocycles. The Morgan fingerprint density at radius 1 is 1.15 bits per heavy atom. The third-order valence-corrected chi connectivity index (χ3v) is 4.67. The van der Waals surface area contributed by atoms with E-state index in [0.717, 1.165) is 0 Å². The van der Waals surface area contributed by atoms with E-state index in [1.54, 1.807) is 19.1 Å². The fourth-order valence-electron chi connectivity index (χ4n) is 1.65. The summed E-state index contributed by atoms with van der Waals surface area (Å²) in [4.78, 5) is -0.00984. The number of nitrogens with one attached hydrogen (secondary N) is 1. The van der Waals surface area contributed by atoms with Crippen LogP contribution in [-0.4, -0.2) is 8.42 Å². The van der Waals surface area contributed by atoms with Crippen LogP contribution in [0, 0.1) is 12.7 Å². The van der Waals surface area contributed by atoms with Crippen molar-refractivity contribution in [3.8, 4) is 0 Å². The van der Waals surface area contributed by atoms with Gasteiger partial charge in [0.2, 0.25) is 0 Å². The maximum atomic E-state index is 13.7. The maximum Gasteiger partial charge on any atom is 0.262 e. The lowest BCUT2D eigenvalue weighted by atomic mass is 10.2. The summed E-state index contributed by atoms with van der Waals surface area (Å²) in [6.45, 7) is 1.62. The second-order valence-corrected chi connectivity index (χ2v) is 6.61. The van der Waals surface area contributed by atoms with E-state index >= 15 is 0 Å². The molecule has 0 spiro atoms. The van der Waals surface area contributed by atoms with Crippen LogP contribution in [0.4, 0.5) is 10.1 Å². The van der Waals surface area contributed by atoms with Crippen LogP contribution in [0.5, 0.6) is 0 Å². The molecule has 3 nitrogen and oxygen atoms in total. The Morgan fingerprint density at radius 2 is 1.85 bits per heavy atom. The SMILES string of the molecule is Cc1ccc(Cl)cc1S(=O)(=O)Nc1cccc(Cl)c1F. The van der Waals surface area contributed by atoms with Gasteiger partial charge in [0, 0.05) is 5.02 Å². The van der Waals surface area contributed by atoms with Gasteiger partial charge in [0.25, 0.3) is 10.0 Å². The van der Waals surface area contributed by atoms with E-state index in [0.29, 0.717) is 5.56 Å². The zero-order valence-corrected chi connectivity index (χ0v) is 12.7. The fourth-order valence-corrected chi connectivity index (χ4v) is 3.39. The monoisotopic (exact) mass is 333 g/mol. The van der Waals surface area contributed by atoms with Crippen molar-refractivity contribution >= 4 is 38.9 Å². The fraction of sp³-hybridized carbons (Fsp3) is 0.0769. The highest BCUT2D eigenvalue weighted by Crippen LogP contribution is 2.26. The number of anilines is 1. The van der Waals surface area contributed by atoms with Crippen molar-refractivity contribution in [3.63, 3.8) is 0 Å². The van der Waals surface area contributed by atoms with E-state index in [1.807, 2.05) is 0 Å². The lowest BCUT2D eigenvalue weighted by molar-refractivity contribution is 0.598. The molecule has 0 atom stereocenters. The van der Waals surface area contributed by atoms with E-state index in [-0.39, 0.29) is 20.6 Å². The van der Waals surface area contributed by atoms with Crippen molar-refractivity contribution in [2.24, 2.45) is 0 Å². The zero-order valence-electron chi connectivity index (χ0n) is 10.3. The molecule has 0 aliphatic heterocycles. The topological polar surface area (TPSA) is 46.2 Å². The van der Waals surface area contributed by atoms with E-state index in [1.165, 1.54) is 24.3 Å². The molecular weight excluding hydrogens is 324 g/mol. The number of halogens is 3. The molecule has 0 aliphatic carbocycles. The highest BCUT2D eigenvalue weighted by atomic mass is 35.5. The Morgan fingerprint density at radius 3 is 2.55 bits per heavy atom. The summed E-state index contributed by atoms with van der Waals surface area (Å²) in [5, 5.41) is 0.121. The molecule has 0 saturated carbocycles. The third-order valence-electron chi connectivity index (χ3n) is 2.64. The van der Waals surface area contributed by atoms with Gasteiger partial charge >= 0.3 is 0 Å². The van der Waals surface area contributed by atoms with Gasteiger partial charge in [-0.15, -0.1) is 0 Å². The Hall–Kier alpha value is -1.30. The van der Waals surface area contributed by atoms with Crippen molar-refractivity contribution < 1.29 is 12.8 Å². The van der Waals surface area contributed by atoms with E-state index in [4.69, 9.17) is 23.2 Å². The van der Waals surface area contributed by atoms with Gasteiger partial charge in [0.05, 0.1) is 15.6 Å². The highest BCUT2D eigenvalue weighted by molar-refractivity contribution is 7.92. The first-order valence-corrected chi connectivity index (χ1v) is 7.78. The van der Waals surface area contributed by atoms with Crippen molar-refractivity contribution in [2.45, 2.75) is 11.8 Å². The quantitative estimate of drug-likeness (QED) is 0.912. The van der Waals surface area contributed by atoms with Gasteiger partial charge in [0.1, 0.15) is 0 Å². The molecule has 7 heteroatoms. The molecule has 0 unspecified atom stereocenters. The summed E-state index contributed by atoms with van der Waals surface area (Å²) >= 11 is 11.4. The lowest BCUT2D eigenvalue weighted by Gasteiger charge is -2.11. The average Bonchev–Trinajstić information content (AvgIpc) is 2.37. The van der Waals surface area contributed by atoms with Crippen molar-refractivity contribution in [1.82, 2.24) is 0 Å². The summed E-state index contributed by atoms with van der Waals surface area (Å²) in [5.41, 5.74) is 0.293. The molecule has 0 fully saturated rings. The van der Waals surface area contributed by atoms with Crippen molar-refractivity contribution in [3.05, 3.63) is 57.8 Å². The van der Waals surface area contributed by atoms with Gasteiger partial charge in [-0.2, -0.15) is 0 Å². The van der Waals surface area contributed by atoms with Crippen molar-refractivity contribution in [2.75, 3.05) is 4.72 Å². The van der Waals surface area contributed by atoms with Gasteiger partial charge in [-0.1, -0.05) is 35.3 Å². The molecule has 20 heavy (non-hydrogen) atoms. The maximum absolute atomic E-state index is 13.7. The minimum Gasteiger partial charge on any atom is -0.277 e. The van der Waals surface area contributed by atoms with Gasteiger partial charge in [-0.05, 0) is 36.8 Å². The first-order valence-electron chi connectivity index (χ1n) is 5.54. The van der Waals surface area contributed by atoms with Gasteiger partial charge in [0.15, 0.2) is 5.82 Å². The van der Waals surface area contributed by atoms with Crippen LogP contribution in [-0.2, 0) is 10.0 Å². The third kappa shape index (κ3) is 3.06.